The van der Waals surface area contributed by atoms with Crippen LogP contribution in [0.2, 0.25) is 0 Å². The van der Waals surface area contributed by atoms with Crippen molar-refractivity contribution in [2.75, 3.05) is 6.54 Å². The summed E-state index contributed by atoms with van der Waals surface area (Å²) in [7, 11) is 0. The predicted octanol–water partition coefficient (Wildman–Crippen LogP) is 0.610. The Hall–Kier alpha value is -0.570. The molecule has 1 fully saturated rings. The van der Waals surface area contributed by atoms with Gasteiger partial charge in [0.25, 0.3) is 0 Å². The van der Waals surface area contributed by atoms with E-state index < -0.39 is 0 Å². The normalized spacial score (nSPS) is 34.0. The van der Waals surface area contributed by atoms with Gasteiger partial charge in [-0.1, -0.05) is 6.92 Å². The maximum atomic E-state index is 7.04. The summed E-state index contributed by atoms with van der Waals surface area (Å²) < 4.78 is 0. The molecule has 3 heteroatoms. The van der Waals surface area contributed by atoms with Crippen LogP contribution in [-0.2, 0) is 0 Å². The Bertz CT molecular complexity index is 124. The molecule has 0 bridgehead atoms. The van der Waals surface area contributed by atoms with Crippen molar-refractivity contribution >= 4 is 6.34 Å². The monoisotopic (exact) mass is 141 g/mol. The van der Waals surface area contributed by atoms with Crippen molar-refractivity contribution in [3.63, 3.8) is 0 Å². The molecule has 2 atom stereocenters. The maximum absolute atomic E-state index is 7.04. The Labute approximate surface area is 61.7 Å². The molecule has 0 aromatic rings. The molecule has 1 aliphatic heterocycles. The zero-order valence-electron chi connectivity index (χ0n) is 6.38. The summed E-state index contributed by atoms with van der Waals surface area (Å²) in [5.41, 5.74) is 5.73. The van der Waals surface area contributed by atoms with Crippen molar-refractivity contribution < 1.29 is 0 Å². The Morgan fingerprint density at radius 3 is 2.80 bits per heavy atom. The summed E-state index contributed by atoms with van der Waals surface area (Å²) in [6.45, 7) is 3.15. The molecule has 0 spiro atoms. The highest BCUT2D eigenvalue weighted by Gasteiger charge is 2.19. The smallest absolute Gasteiger partial charge is 0.0829 e. The van der Waals surface area contributed by atoms with E-state index in [4.69, 9.17) is 11.1 Å². The molecule has 58 valence electrons. The SMILES string of the molecule is C[C@H]1CCC(N)N(C=N)C1. The highest BCUT2D eigenvalue weighted by atomic mass is 15.2. The number of hydrogen-bond acceptors (Lipinski definition) is 2. The first kappa shape index (κ1) is 7.54. The van der Waals surface area contributed by atoms with Gasteiger partial charge in [-0.25, -0.2) is 0 Å². The Balaban J connectivity index is 2.45. The number of likely N-dealkylation sites (tertiary alicyclic amines) is 1. The van der Waals surface area contributed by atoms with Crippen molar-refractivity contribution in [2.45, 2.75) is 25.9 Å². The van der Waals surface area contributed by atoms with E-state index in [0.29, 0.717) is 5.92 Å². The van der Waals surface area contributed by atoms with Gasteiger partial charge in [0.15, 0.2) is 0 Å². The number of nitrogens with zero attached hydrogens (tertiary/aromatic N) is 1. The molecule has 1 rings (SSSR count). The van der Waals surface area contributed by atoms with Crippen molar-refractivity contribution in [1.82, 2.24) is 4.90 Å². The standard InChI is InChI=1S/C7H15N3/c1-6-2-3-7(9)10(4-6)5-8/h5-8H,2-4,9H2,1H3/t6-,7?/m0/s1. The molecule has 0 saturated carbocycles. The lowest BCUT2D eigenvalue weighted by atomic mass is 9.99. The van der Waals surface area contributed by atoms with Gasteiger partial charge in [0.05, 0.1) is 12.5 Å². The molecular formula is C7H15N3. The van der Waals surface area contributed by atoms with Crippen molar-refractivity contribution in [3.05, 3.63) is 0 Å². The first-order valence-electron chi connectivity index (χ1n) is 3.76. The summed E-state index contributed by atoms with van der Waals surface area (Å²) in [5.74, 6) is 0.696. The van der Waals surface area contributed by atoms with Crippen LogP contribution < -0.4 is 5.73 Å². The minimum atomic E-state index is 0.0914. The molecule has 1 aliphatic rings. The largest absolute Gasteiger partial charge is 0.348 e. The summed E-state index contributed by atoms with van der Waals surface area (Å²) in [4.78, 5) is 1.90. The van der Waals surface area contributed by atoms with Gasteiger partial charge in [0.2, 0.25) is 0 Å². The summed E-state index contributed by atoms with van der Waals surface area (Å²) in [6.07, 6.45) is 3.66. The van der Waals surface area contributed by atoms with E-state index in [1.54, 1.807) is 0 Å². The highest BCUT2D eigenvalue weighted by molar-refractivity contribution is 5.51. The van der Waals surface area contributed by atoms with Crippen LogP contribution in [0.4, 0.5) is 0 Å². The Morgan fingerprint density at radius 2 is 2.30 bits per heavy atom. The third-order valence-corrected chi connectivity index (χ3v) is 2.07. The van der Waals surface area contributed by atoms with Crippen LogP contribution >= 0.6 is 0 Å². The second-order valence-electron chi connectivity index (χ2n) is 3.08. The topological polar surface area (TPSA) is 53.1 Å². The number of hydrogen-bond donors (Lipinski definition) is 2. The third-order valence-electron chi connectivity index (χ3n) is 2.07. The summed E-state index contributed by atoms with van der Waals surface area (Å²) in [5, 5.41) is 7.04. The average molecular weight is 141 g/mol. The van der Waals surface area contributed by atoms with Gasteiger partial charge >= 0.3 is 0 Å². The molecule has 0 aromatic carbocycles. The van der Waals surface area contributed by atoms with Gasteiger partial charge in [-0.3, -0.25) is 5.41 Å². The van der Waals surface area contributed by atoms with Gasteiger partial charge in [-0.2, -0.15) is 0 Å². The molecule has 3 N–H and O–H groups in total. The number of rotatable bonds is 1. The molecule has 1 unspecified atom stereocenters. The van der Waals surface area contributed by atoms with E-state index in [2.05, 4.69) is 6.92 Å². The van der Waals surface area contributed by atoms with Crippen LogP contribution in [0.3, 0.4) is 0 Å². The Morgan fingerprint density at radius 1 is 1.60 bits per heavy atom. The highest BCUT2D eigenvalue weighted by Crippen LogP contribution is 2.16. The lowest BCUT2D eigenvalue weighted by Gasteiger charge is -2.34. The second kappa shape index (κ2) is 3.01. The minimum absolute atomic E-state index is 0.0914. The Kier molecular flexibility index (Phi) is 2.27. The molecule has 3 nitrogen and oxygen atoms in total. The third kappa shape index (κ3) is 1.48. The van der Waals surface area contributed by atoms with Crippen LogP contribution in [0, 0.1) is 11.3 Å². The molecule has 1 saturated heterocycles. The molecule has 1 heterocycles. The van der Waals surface area contributed by atoms with E-state index in [1.165, 1.54) is 12.8 Å². The number of nitrogens with two attached hydrogens (primary N) is 1. The zero-order valence-corrected chi connectivity index (χ0v) is 6.38. The van der Waals surface area contributed by atoms with Gasteiger partial charge in [0, 0.05) is 6.54 Å². The van der Waals surface area contributed by atoms with Gasteiger partial charge in [-0.05, 0) is 18.8 Å². The van der Waals surface area contributed by atoms with Crippen molar-refractivity contribution in [1.29, 1.82) is 5.41 Å². The minimum Gasteiger partial charge on any atom is -0.348 e. The lowest BCUT2D eigenvalue weighted by molar-refractivity contribution is 0.203. The predicted molar refractivity (Wildman–Crippen MR) is 41.9 cm³/mol. The van der Waals surface area contributed by atoms with Gasteiger partial charge in [0.1, 0.15) is 0 Å². The fourth-order valence-corrected chi connectivity index (χ4v) is 1.36. The molecular weight excluding hydrogens is 126 g/mol. The first-order valence-corrected chi connectivity index (χ1v) is 3.76. The molecule has 0 aliphatic carbocycles. The fraction of sp³-hybridized carbons (Fsp3) is 0.857. The molecule has 0 radical (unpaired) electrons. The van der Waals surface area contributed by atoms with E-state index in [0.717, 1.165) is 13.0 Å². The zero-order chi connectivity index (χ0) is 7.56. The average Bonchev–Trinajstić information content (AvgIpc) is 1.94. The van der Waals surface area contributed by atoms with Crippen LogP contribution in [0.15, 0.2) is 0 Å². The van der Waals surface area contributed by atoms with E-state index >= 15 is 0 Å². The lowest BCUT2D eigenvalue weighted by Crippen LogP contribution is -2.46. The van der Waals surface area contributed by atoms with Crippen LogP contribution in [0.25, 0.3) is 0 Å². The maximum Gasteiger partial charge on any atom is 0.0829 e. The van der Waals surface area contributed by atoms with Crippen molar-refractivity contribution in [2.24, 2.45) is 11.7 Å². The number of nitrogens with one attached hydrogen (secondary N) is 1. The van der Waals surface area contributed by atoms with Gasteiger partial charge in [-0.15, -0.1) is 0 Å². The summed E-state index contributed by atoms with van der Waals surface area (Å²) in [6, 6.07) is 0. The molecule has 0 amide bonds. The quantitative estimate of drug-likeness (QED) is 0.415. The molecule has 10 heavy (non-hydrogen) atoms. The molecule has 0 aromatic heterocycles. The van der Waals surface area contributed by atoms with E-state index in [-0.39, 0.29) is 6.17 Å². The number of piperidine rings is 1. The second-order valence-corrected chi connectivity index (χ2v) is 3.08. The fourth-order valence-electron chi connectivity index (χ4n) is 1.36. The van der Waals surface area contributed by atoms with Gasteiger partial charge < -0.3 is 10.6 Å². The van der Waals surface area contributed by atoms with Crippen LogP contribution in [-0.4, -0.2) is 23.9 Å². The summed E-state index contributed by atoms with van der Waals surface area (Å²) >= 11 is 0. The van der Waals surface area contributed by atoms with Crippen LogP contribution in [0.1, 0.15) is 19.8 Å². The van der Waals surface area contributed by atoms with Crippen molar-refractivity contribution in [3.8, 4) is 0 Å². The first-order chi connectivity index (χ1) is 4.74. The van der Waals surface area contributed by atoms with E-state index in [9.17, 15) is 0 Å². The van der Waals surface area contributed by atoms with Crippen LogP contribution in [0.5, 0.6) is 0 Å². The van der Waals surface area contributed by atoms with E-state index in [1.807, 2.05) is 4.90 Å².